The van der Waals surface area contributed by atoms with Gasteiger partial charge in [-0.05, 0) is 36.2 Å². The van der Waals surface area contributed by atoms with Gasteiger partial charge in [-0.1, -0.05) is 37.6 Å². The zero-order valence-corrected chi connectivity index (χ0v) is 20.4. The van der Waals surface area contributed by atoms with Crippen LogP contribution in [0, 0.1) is 5.92 Å². The fourth-order valence-corrected chi connectivity index (χ4v) is 5.01. The molecule has 0 aromatic heterocycles. The lowest BCUT2D eigenvalue weighted by molar-refractivity contribution is -0.138. The first-order valence-electron chi connectivity index (χ1n) is 12.2. The van der Waals surface area contributed by atoms with Gasteiger partial charge < -0.3 is 24.5 Å². The molecule has 35 heavy (non-hydrogen) atoms. The Labute approximate surface area is 206 Å². The van der Waals surface area contributed by atoms with E-state index >= 15 is 0 Å². The van der Waals surface area contributed by atoms with Crippen LogP contribution < -0.4 is 4.74 Å². The van der Waals surface area contributed by atoms with Crippen molar-refractivity contribution >= 4 is 17.7 Å². The van der Waals surface area contributed by atoms with Gasteiger partial charge >= 0.3 is 0 Å². The van der Waals surface area contributed by atoms with E-state index in [1.807, 2.05) is 29.2 Å². The van der Waals surface area contributed by atoms with E-state index in [9.17, 15) is 19.5 Å². The quantitative estimate of drug-likeness (QED) is 0.659. The molecule has 0 radical (unpaired) electrons. The van der Waals surface area contributed by atoms with Gasteiger partial charge in [-0.15, -0.1) is 0 Å². The van der Waals surface area contributed by atoms with Crippen molar-refractivity contribution in [2.75, 3.05) is 39.8 Å². The number of carbonyl (C=O) groups excluding carboxylic acids is 3. The maximum atomic E-state index is 13.7. The molecule has 2 aliphatic heterocycles. The normalized spacial score (nSPS) is 20.3. The molecule has 3 amide bonds. The molecule has 2 saturated heterocycles. The van der Waals surface area contributed by atoms with Crippen molar-refractivity contribution in [1.82, 2.24) is 14.7 Å². The van der Waals surface area contributed by atoms with Crippen LogP contribution in [0.25, 0.3) is 0 Å². The van der Waals surface area contributed by atoms with E-state index in [0.29, 0.717) is 32.7 Å². The molecule has 0 spiro atoms. The van der Waals surface area contributed by atoms with Crippen LogP contribution >= 0.6 is 0 Å². The Morgan fingerprint density at radius 3 is 2.29 bits per heavy atom. The number of benzene rings is 2. The third kappa shape index (κ3) is 5.11. The summed E-state index contributed by atoms with van der Waals surface area (Å²) in [4.78, 5) is 44.7. The second kappa shape index (κ2) is 10.8. The maximum Gasteiger partial charge on any atom is 0.257 e. The summed E-state index contributed by atoms with van der Waals surface area (Å²) < 4.78 is 5.28. The molecule has 2 aromatic carbocycles. The standard InChI is InChI=1S/C27H33N3O5/c1-3-4-13-30-24(32)18-22(25(30)19-9-11-20(35-2)12-10-19)27(34)29-16-14-28(15-17-29)26(33)21-7-5-6-8-23(21)31/h5-12,22,25,31H,3-4,13-18H2,1-2H3. The van der Waals surface area contributed by atoms with Crippen LogP contribution in [0.15, 0.2) is 48.5 Å². The average molecular weight is 480 g/mol. The maximum absolute atomic E-state index is 13.7. The van der Waals surface area contributed by atoms with Crippen LogP contribution in [-0.2, 0) is 9.59 Å². The molecule has 2 unspecified atom stereocenters. The highest BCUT2D eigenvalue weighted by atomic mass is 16.5. The van der Waals surface area contributed by atoms with E-state index in [0.717, 1.165) is 24.2 Å². The van der Waals surface area contributed by atoms with Crippen molar-refractivity contribution in [2.24, 2.45) is 5.92 Å². The van der Waals surface area contributed by atoms with E-state index in [4.69, 9.17) is 4.74 Å². The lowest BCUT2D eigenvalue weighted by Gasteiger charge is -2.37. The number of methoxy groups -OCH3 is 1. The average Bonchev–Trinajstić information content (AvgIpc) is 3.22. The number of para-hydroxylation sites is 1. The molecule has 1 N–H and O–H groups in total. The van der Waals surface area contributed by atoms with E-state index in [1.54, 1.807) is 35.1 Å². The number of unbranched alkanes of at least 4 members (excludes halogenated alkanes) is 1. The number of piperazine rings is 1. The summed E-state index contributed by atoms with van der Waals surface area (Å²) in [6.07, 6.45) is 2.04. The molecule has 2 fully saturated rings. The number of amides is 3. The number of phenolic OH excluding ortho intramolecular Hbond substituents is 1. The second-order valence-electron chi connectivity index (χ2n) is 9.10. The third-order valence-corrected chi connectivity index (χ3v) is 6.97. The number of hydrogen-bond donors (Lipinski definition) is 1. The van der Waals surface area contributed by atoms with E-state index in [2.05, 4.69) is 6.92 Å². The predicted octanol–water partition coefficient (Wildman–Crippen LogP) is 3.08. The smallest absolute Gasteiger partial charge is 0.257 e. The highest BCUT2D eigenvalue weighted by molar-refractivity contribution is 5.97. The first-order valence-corrected chi connectivity index (χ1v) is 12.2. The van der Waals surface area contributed by atoms with Gasteiger partial charge in [0.25, 0.3) is 5.91 Å². The van der Waals surface area contributed by atoms with Crippen LogP contribution in [0.3, 0.4) is 0 Å². The fourth-order valence-electron chi connectivity index (χ4n) is 5.01. The number of carbonyl (C=O) groups is 3. The van der Waals surface area contributed by atoms with Gasteiger partial charge in [-0.3, -0.25) is 14.4 Å². The van der Waals surface area contributed by atoms with Gasteiger partial charge in [-0.25, -0.2) is 0 Å². The zero-order chi connectivity index (χ0) is 24.9. The van der Waals surface area contributed by atoms with Crippen LogP contribution in [-0.4, -0.2) is 77.4 Å². The molecular weight excluding hydrogens is 446 g/mol. The zero-order valence-electron chi connectivity index (χ0n) is 20.4. The highest BCUT2D eigenvalue weighted by Gasteiger charge is 2.46. The topological polar surface area (TPSA) is 90.4 Å². The summed E-state index contributed by atoms with van der Waals surface area (Å²) in [5.74, 6) is -0.0682. The van der Waals surface area contributed by atoms with Crippen LogP contribution in [0.4, 0.5) is 0 Å². The molecule has 2 aromatic rings. The minimum Gasteiger partial charge on any atom is -0.507 e. The SMILES string of the molecule is CCCCN1C(=O)CC(C(=O)N2CCN(C(=O)c3ccccc3O)CC2)C1c1ccc(OC)cc1. The highest BCUT2D eigenvalue weighted by Crippen LogP contribution is 2.40. The first-order chi connectivity index (χ1) is 16.9. The van der Waals surface area contributed by atoms with Gasteiger partial charge in [0, 0.05) is 39.1 Å². The Morgan fingerprint density at radius 1 is 1.00 bits per heavy atom. The molecule has 2 aliphatic rings. The Kier molecular flexibility index (Phi) is 7.58. The van der Waals surface area contributed by atoms with E-state index < -0.39 is 5.92 Å². The number of hydrogen-bond acceptors (Lipinski definition) is 5. The largest absolute Gasteiger partial charge is 0.507 e. The van der Waals surface area contributed by atoms with Crippen molar-refractivity contribution in [3.05, 3.63) is 59.7 Å². The minimum atomic E-state index is -0.465. The van der Waals surface area contributed by atoms with Crippen molar-refractivity contribution in [1.29, 1.82) is 0 Å². The van der Waals surface area contributed by atoms with E-state index in [1.165, 1.54) is 6.07 Å². The van der Waals surface area contributed by atoms with Crippen LogP contribution in [0.5, 0.6) is 11.5 Å². The molecule has 8 nitrogen and oxygen atoms in total. The Bertz CT molecular complexity index is 1060. The van der Waals surface area contributed by atoms with Crippen molar-refractivity contribution in [3.8, 4) is 11.5 Å². The molecule has 0 aliphatic carbocycles. The number of nitrogens with zero attached hydrogens (tertiary/aromatic N) is 3. The lowest BCUT2D eigenvalue weighted by Crippen LogP contribution is -2.52. The molecule has 0 saturated carbocycles. The molecule has 4 rings (SSSR count). The lowest BCUT2D eigenvalue weighted by atomic mass is 9.91. The van der Waals surface area contributed by atoms with Gasteiger partial charge in [0.05, 0.1) is 24.6 Å². The molecule has 2 heterocycles. The predicted molar refractivity (Wildman–Crippen MR) is 131 cm³/mol. The number of aromatic hydroxyl groups is 1. The summed E-state index contributed by atoms with van der Waals surface area (Å²) in [6.45, 7) is 4.26. The molecule has 2 atom stereocenters. The van der Waals surface area contributed by atoms with Gasteiger partial charge in [0.2, 0.25) is 11.8 Å². The monoisotopic (exact) mass is 479 g/mol. The summed E-state index contributed by atoms with van der Waals surface area (Å²) in [6, 6.07) is 13.8. The third-order valence-electron chi connectivity index (χ3n) is 6.97. The van der Waals surface area contributed by atoms with Crippen molar-refractivity contribution < 1.29 is 24.2 Å². The van der Waals surface area contributed by atoms with E-state index in [-0.39, 0.29) is 41.5 Å². The molecule has 186 valence electrons. The number of likely N-dealkylation sites (tertiary alicyclic amines) is 1. The molecule has 0 bridgehead atoms. The minimum absolute atomic E-state index is 0.00554. The molecular formula is C27H33N3O5. The number of rotatable bonds is 7. The van der Waals surface area contributed by atoms with Crippen molar-refractivity contribution in [3.63, 3.8) is 0 Å². The van der Waals surface area contributed by atoms with Crippen LogP contribution in [0.2, 0.25) is 0 Å². The van der Waals surface area contributed by atoms with Crippen LogP contribution in [0.1, 0.15) is 48.1 Å². The van der Waals surface area contributed by atoms with Crippen molar-refractivity contribution in [2.45, 2.75) is 32.2 Å². The summed E-state index contributed by atoms with van der Waals surface area (Å²) >= 11 is 0. The number of ether oxygens (including phenoxy) is 1. The first kappa shape index (κ1) is 24.6. The number of phenols is 1. The second-order valence-corrected chi connectivity index (χ2v) is 9.10. The molecule has 8 heteroatoms. The Hall–Kier alpha value is -3.55. The van der Waals surface area contributed by atoms with Gasteiger partial charge in [0.1, 0.15) is 11.5 Å². The fraction of sp³-hybridized carbons (Fsp3) is 0.444. The Morgan fingerprint density at radius 2 is 1.66 bits per heavy atom. The Balaban J connectivity index is 1.48. The summed E-state index contributed by atoms with van der Waals surface area (Å²) in [5, 5.41) is 10.0. The van der Waals surface area contributed by atoms with Gasteiger partial charge in [-0.2, -0.15) is 0 Å². The summed E-state index contributed by atoms with van der Waals surface area (Å²) in [7, 11) is 1.61. The van der Waals surface area contributed by atoms with Gasteiger partial charge in [0.15, 0.2) is 0 Å². The summed E-state index contributed by atoms with van der Waals surface area (Å²) in [5.41, 5.74) is 1.19.